The molecule has 0 radical (unpaired) electrons. The highest BCUT2D eigenvalue weighted by Gasteiger charge is 2.32. The number of carbonyl (C=O) groups excluding carboxylic acids is 2. The number of nitrogens with two attached hydrogens (primary N) is 1. The molecule has 10 nitrogen and oxygen atoms in total. The van der Waals surface area contributed by atoms with Gasteiger partial charge in [0.05, 0.1) is 21.1 Å². The van der Waals surface area contributed by atoms with Gasteiger partial charge in [-0.2, -0.15) is 13.2 Å². The van der Waals surface area contributed by atoms with Crippen molar-refractivity contribution in [2.45, 2.75) is 6.18 Å². The third-order valence-corrected chi connectivity index (χ3v) is 5.15. The van der Waals surface area contributed by atoms with Crippen molar-refractivity contribution in [1.29, 1.82) is 0 Å². The molecule has 1 saturated heterocycles. The maximum Gasteiger partial charge on any atom is 0.417 e. The van der Waals surface area contributed by atoms with E-state index in [1.54, 1.807) is 4.90 Å². The lowest BCUT2D eigenvalue weighted by Crippen LogP contribution is -2.50. The largest absolute Gasteiger partial charge is 0.452 e. The molecule has 2 N–H and O–H groups in total. The fourth-order valence-electron chi connectivity index (χ4n) is 3.12. The first-order chi connectivity index (χ1) is 15.5. The second-order valence-corrected chi connectivity index (χ2v) is 7.41. The molecule has 1 amide bonds. The number of alkyl halides is 3. The first-order valence-corrected chi connectivity index (χ1v) is 9.81. The molecule has 0 bridgehead atoms. The van der Waals surface area contributed by atoms with Crippen molar-refractivity contribution >= 4 is 40.7 Å². The van der Waals surface area contributed by atoms with E-state index in [0.717, 1.165) is 18.2 Å². The summed E-state index contributed by atoms with van der Waals surface area (Å²) in [6.45, 7) is 0.258. The predicted octanol–water partition coefficient (Wildman–Crippen LogP) is 2.75. The molecule has 33 heavy (non-hydrogen) atoms. The monoisotopic (exact) mass is 487 g/mol. The molecule has 14 heteroatoms. The van der Waals surface area contributed by atoms with Crippen LogP contribution in [0.4, 0.5) is 30.4 Å². The van der Waals surface area contributed by atoms with Crippen LogP contribution in [-0.4, -0.2) is 59.5 Å². The molecular weight excluding hydrogens is 471 g/mol. The Morgan fingerprint density at radius 3 is 2.45 bits per heavy atom. The van der Waals surface area contributed by atoms with Crippen molar-refractivity contribution < 1.29 is 32.4 Å². The summed E-state index contributed by atoms with van der Waals surface area (Å²) in [6, 6.07) is 4.08. The fourth-order valence-corrected chi connectivity index (χ4v) is 3.40. The quantitative estimate of drug-likeness (QED) is 0.295. The van der Waals surface area contributed by atoms with Gasteiger partial charge in [-0.05, 0) is 12.1 Å². The topological polar surface area (TPSA) is 132 Å². The Balaban J connectivity index is 1.55. The highest BCUT2D eigenvalue weighted by molar-refractivity contribution is 6.33. The van der Waals surface area contributed by atoms with E-state index in [-0.39, 0.29) is 54.0 Å². The van der Waals surface area contributed by atoms with Gasteiger partial charge in [0, 0.05) is 50.2 Å². The molecule has 0 saturated carbocycles. The number of halogens is 4. The number of non-ortho nitro benzene ring substituents is 1. The maximum atomic E-state index is 12.8. The van der Waals surface area contributed by atoms with Gasteiger partial charge in [0.25, 0.3) is 11.6 Å². The molecule has 1 aromatic heterocycles. The molecule has 2 heterocycles. The number of piperazine rings is 1. The van der Waals surface area contributed by atoms with Crippen molar-refractivity contribution in [3.05, 3.63) is 56.7 Å². The average Bonchev–Trinajstić information content (AvgIpc) is 2.76. The number of hydrogen-bond acceptors (Lipinski definition) is 8. The second-order valence-electron chi connectivity index (χ2n) is 7.00. The number of nitrogens with zero attached hydrogens (tertiary/aromatic N) is 4. The van der Waals surface area contributed by atoms with Gasteiger partial charge in [-0.3, -0.25) is 14.9 Å². The molecule has 1 aliphatic heterocycles. The van der Waals surface area contributed by atoms with Crippen LogP contribution >= 0.6 is 11.6 Å². The SMILES string of the molecule is Nc1ccc([N+](=O)[O-])cc1C(=O)OCC(=O)N1CCN(c2ncc(C(F)(F)F)cc2Cl)CC1. The molecule has 176 valence electrons. The van der Waals surface area contributed by atoms with Crippen molar-refractivity contribution in [3.63, 3.8) is 0 Å². The summed E-state index contributed by atoms with van der Waals surface area (Å²) in [5.74, 6) is -1.33. The smallest absolute Gasteiger partial charge is 0.417 e. The number of anilines is 2. The minimum Gasteiger partial charge on any atom is -0.452 e. The number of nitrogen functional groups attached to an aromatic ring is 1. The molecule has 1 aromatic carbocycles. The van der Waals surface area contributed by atoms with Gasteiger partial charge in [-0.1, -0.05) is 11.6 Å². The first kappa shape index (κ1) is 24.0. The molecule has 2 aromatic rings. The summed E-state index contributed by atoms with van der Waals surface area (Å²) in [6.07, 6.45) is -3.87. The Labute approximate surface area is 189 Å². The van der Waals surface area contributed by atoms with E-state index in [9.17, 15) is 32.9 Å². The minimum absolute atomic E-state index is 0.0346. The van der Waals surface area contributed by atoms with Gasteiger partial charge in [-0.25, -0.2) is 9.78 Å². The van der Waals surface area contributed by atoms with E-state index in [4.69, 9.17) is 22.1 Å². The number of hydrogen-bond donors (Lipinski definition) is 1. The van der Waals surface area contributed by atoms with E-state index in [2.05, 4.69) is 4.98 Å². The zero-order valence-corrected chi connectivity index (χ0v) is 17.6. The van der Waals surface area contributed by atoms with Crippen LogP contribution in [0.1, 0.15) is 15.9 Å². The fraction of sp³-hybridized carbons (Fsp3) is 0.316. The Kier molecular flexibility index (Phi) is 6.91. The number of pyridine rings is 1. The Morgan fingerprint density at radius 2 is 1.88 bits per heavy atom. The van der Waals surface area contributed by atoms with Gasteiger partial charge in [-0.15, -0.1) is 0 Å². The average molecular weight is 488 g/mol. The molecule has 1 aliphatic rings. The van der Waals surface area contributed by atoms with E-state index in [1.165, 1.54) is 11.0 Å². The first-order valence-electron chi connectivity index (χ1n) is 9.44. The van der Waals surface area contributed by atoms with Crippen molar-refractivity contribution in [2.24, 2.45) is 0 Å². The summed E-state index contributed by atoms with van der Waals surface area (Å²) in [5, 5.41) is 10.7. The lowest BCUT2D eigenvalue weighted by molar-refractivity contribution is -0.384. The van der Waals surface area contributed by atoms with Gasteiger partial charge < -0.3 is 20.3 Å². The molecular formula is C19H17ClF3N5O5. The molecule has 1 fully saturated rings. The van der Waals surface area contributed by atoms with Crippen molar-refractivity contribution in [1.82, 2.24) is 9.88 Å². The number of esters is 1. The Hall–Kier alpha value is -3.61. The van der Waals surface area contributed by atoms with E-state index in [1.807, 2.05) is 0 Å². The van der Waals surface area contributed by atoms with Crippen LogP contribution in [0, 0.1) is 10.1 Å². The van der Waals surface area contributed by atoms with Crippen LogP contribution in [0.3, 0.4) is 0 Å². The number of ether oxygens (including phenoxy) is 1. The van der Waals surface area contributed by atoms with Gasteiger partial charge >= 0.3 is 12.1 Å². The highest BCUT2D eigenvalue weighted by atomic mass is 35.5. The van der Waals surface area contributed by atoms with Crippen molar-refractivity contribution in [2.75, 3.05) is 43.4 Å². The summed E-state index contributed by atoms with van der Waals surface area (Å²) in [4.78, 5) is 41.6. The van der Waals surface area contributed by atoms with Crippen LogP contribution in [0.2, 0.25) is 5.02 Å². The number of rotatable bonds is 5. The highest BCUT2D eigenvalue weighted by Crippen LogP contribution is 2.33. The zero-order chi connectivity index (χ0) is 24.3. The summed E-state index contributed by atoms with van der Waals surface area (Å²) < 4.78 is 43.3. The summed E-state index contributed by atoms with van der Waals surface area (Å²) in [7, 11) is 0. The van der Waals surface area contributed by atoms with Crippen molar-refractivity contribution in [3.8, 4) is 0 Å². The number of benzene rings is 1. The number of amides is 1. The number of nitro benzene ring substituents is 1. The summed E-state index contributed by atoms with van der Waals surface area (Å²) in [5.41, 5.74) is 4.07. The summed E-state index contributed by atoms with van der Waals surface area (Å²) >= 11 is 5.96. The molecule has 0 unspecified atom stereocenters. The standard InChI is InChI=1S/C19H17ClF3N5O5/c20-14-7-11(19(21,22)23)9-25-17(14)27-5-3-26(4-6-27)16(29)10-33-18(30)13-8-12(28(31)32)1-2-15(13)24/h1-2,7-9H,3-6,10,24H2. The Morgan fingerprint density at radius 1 is 1.21 bits per heavy atom. The number of carbonyl (C=O) groups is 2. The van der Waals surface area contributed by atoms with Crippen LogP contribution in [0.5, 0.6) is 0 Å². The van der Waals surface area contributed by atoms with Crippen LogP contribution in [-0.2, 0) is 15.7 Å². The number of aromatic nitrogens is 1. The predicted molar refractivity (Wildman–Crippen MR) is 111 cm³/mol. The van der Waals surface area contributed by atoms with Crippen LogP contribution in [0.15, 0.2) is 30.5 Å². The lowest BCUT2D eigenvalue weighted by atomic mass is 10.1. The van der Waals surface area contributed by atoms with E-state index < -0.39 is 35.1 Å². The van der Waals surface area contributed by atoms with Gasteiger partial charge in [0.15, 0.2) is 6.61 Å². The van der Waals surface area contributed by atoms with E-state index >= 15 is 0 Å². The van der Waals surface area contributed by atoms with Crippen LogP contribution in [0.25, 0.3) is 0 Å². The molecule has 0 spiro atoms. The van der Waals surface area contributed by atoms with E-state index in [0.29, 0.717) is 6.20 Å². The third-order valence-electron chi connectivity index (χ3n) is 4.88. The lowest BCUT2D eigenvalue weighted by Gasteiger charge is -2.35. The molecule has 3 rings (SSSR count). The zero-order valence-electron chi connectivity index (χ0n) is 16.8. The van der Waals surface area contributed by atoms with Crippen LogP contribution < -0.4 is 10.6 Å². The minimum atomic E-state index is -4.56. The molecule has 0 aliphatic carbocycles. The molecule has 0 atom stereocenters. The van der Waals surface area contributed by atoms with Gasteiger partial charge in [0.1, 0.15) is 5.82 Å². The third kappa shape index (κ3) is 5.61. The second kappa shape index (κ2) is 9.48. The maximum absolute atomic E-state index is 12.8. The normalized spacial score (nSPS) is 14.2. The Bertz CT molecular complexity index is 1090. The number of nitro groups is 1. The van der Waals surface area contributed by atoms with Gasteiger partial charge in [0.2, 0.25) is 0 Å².